The minimum absolute atomic E-state index is 0.201. The molecule has 0 heterocycles. The highest BCUT2D eigenvalue weighted by molar-refractivity contribution is 5.80. The van der Waals surface area contributed by atoms with E-state index in [1.807, 2.05) is 18.2 Å². The molecule has 1 aliphatic rings. The normalized spacial score (nSPS) is 15.9. The van der Waals surface area contributed by atoms with Gasteiger partial charge in [0.1, 0.15) is 5.75 Å². The van der Waals surface area contributed by atoms with Crippen LogP contribution >= 0.6 is 0 Å². The van der Waals surface area contributed by atoms with Gasteiger partial charge in [0.15, 0.2) is 0 Å². The maximum Gasteiger partial charge on any atom is 0.223 e. The van der Waals surface area contributed by atoms with E-state index in [9.17, 15) is 4.79 Å². The van der Waals surface area contributed by atoms with Crippen LogP contribution in [0.2, 0.25) is 0 Å². The van der Waals surface area contributed by atoms with Crippen molar-refractivity contribution in [3.63, 3.8) is 0 Å². The van der Waals surface area contributed by atoms with Crippen molar-refractivity contribution >= 4 is 5.91 Å². The molecule has 2 N–H and O–H groups in total. The molecule has 0 bridgehead atoms. The molecule has 1 unspecified atom stereocenters. The molecule has 0 radical (unpaired) electrons. The lowest BCUT2D eigenvalue weighted by Crippen LogP contribution is -2.33. The van der Waals surface area contributed by atoms with Gasteiger partial charge in [0, 0.05) is 30.6 Å². The minimum Gasteiger partial charge on any atom is -0.496 e. The number of ether oxygens (including phenoxy) is 1. The number of para-hydroxylation sites is 1. The van der Waals surface area contributed by atoms with Gasteiger partial charge in [0.2, 0.25) is 5.91 Å². The Hall–Kier alpha value is -1.55. The molecule has 0 spiro atoms. The summed E-state index contributed by atoms with van der Waals surface area (Å²) in [7, 11) is 1.68. The second kappa shape index (κ2) is 6.57. The first-order valence-electron chi connectivity index (χ1n) is 6.86. The second-order valence-electron chi connectivity index (χ2n) is 4.98. The van der Waals surface area contributed by atoms with E-state index < -0.39 is 0 Å². The molecule has 2 rings (SSSR count). The number of hydrogen-bond donors (Lipinski definition) is 2. The molecule has 4 nitrogen and oxygen atoms in total. The molecule has 0 saturated heterocycles. The Morgan fingerprint density at radius 1 is 1.37 bits per heavy atom. The number of carbonyl (C=O) groups is 1. The summed E-state index contributed by atoms with van der Waals surface area (Å²) in [5.41, 5.74) is 1.14. The predicted molar refractivity (Wildman–Crippen MR) is 75.1 cm³/mol. The number of carbonyl (C=O) groups excluding carboxylic acids is 1. The van der Waals surface area contributed by atoms with Crippen LogP contribution in [0.3, 0.4) is 0 Å². The molecule has 19 heavy (non-hydrogen) atoms. The van der Waals surface area contributed by atoms with Gasteiger partial charge in [-0.15, -0.1) is 0 Å². The first-order valence-corrected chi connectivity index (χ1v) is 6.86. The van der Waals surface area contributed by atoms with E-state index in [1.165, 1.54) is 0 Å². The zero-order valence-electron chi connectivity index (χ0n) is 11.6. The van der Waals surface area contributed by atoms with Gasteiger partial charge in [0.25, 0.3) is 0 Å². The summed E-state index contributed by atoms with van der Waals surface area (Å²) >= 11 is 0. The molecule has 0 aromatic heterocycles. The van der Waals surface area contributed by atoms with Crippen molar-refractivity contribution in [1.29, 1.82) is 0 Å². The van der Waals surface area contributed by atoms with Crippen LogP contribution in [0.4, 0.5) is 0 Å². The van der Waals surface area contributed by atoms with Gasteiger partial charge >= 0.3 is 0 Å². The van der Waals surface area contributed by atoms with E-state index >= 15 is 0 Å². The fourth-order valence-electron chi connectivity index (χ4n) is 2.10. The van der Waals surface area contributed by atoms with E-state index in [4.69, 9.17) is 4.74 Å². The number of methoxy groups -OCH3 is 1. The maximum absolute atomic E-state index is 11.5. The molecule has 1 fully saturated rings. The molecular weight excluding hydrogens is 240 g/mol. The molecule has 1 aliphatic carbocycles. The second-order valence-corrected chi connectivity index (χ2v) is 4.98. The van der Waals surface area contributed by atoms with E-state index in [0.29, 0.717) is 6.54 Å². The number of nitrogens with one attached hydrogen (secondary N) is 2. The van der Waals surface area contributed by atoms with Crippen LogP contribution < -0.4 is 15.4 Å². The lowest BCUT2D eigenvalue weighted by Gasteiger charge is -2.17. The number of amides is 1. The van der Waals surface area contributed by atoms with E-state index in [-0.39, 0.29) is 17.9 Å². The van der Waals surface area contributed by atoms with Gasteiger partial charge in [-0.05, 0) is 25.8 Å². The van der Waals surface area contributed by atoms with Crippen molar-refractivity contribution in [2.75, 3.05) is 20.2 Å². The Morgan fingerprint density at radius 2 is 2.11 bits per heavy atom. The van der Waals surface area contributed by atoms with Crippen LogP contribution in [-0.4, -0.2) is 26.1 Å². The third-order valence-corrected chi connectivity index (χ3v) is 3.43. The molecule has 1 aromatic carbocycles. The predicted octanol–water partition coefficient (Wildman–Crippen LogP) is 1.87. The Bertz CT molecular complexity index is 430. The van der Waals surface area contributed by atoms with Gasteiger partial charge < -0.3 is 15.4 Å². The highest BCUT2D eigenvalue weighted by Gasteiger charge is 2.28. The van der Waals surface area contributed by atoms with Crippen molar-refractivity contribution in [3.8, 4) is 5.75 Å². The first-order chi connectivity index (χ1) is 9.22. The summed E-state index contributed by atoms with van der Waals surface area (Å²) in [5, 5.41) is 6.34. The van der Waals surface area contributed by atoms with Crippen LogP contribution in [0, 0.1) is 5.92 Å². The summed E-state index contributed by atoms with van der Waals surface area (Å²) in [6, 6.07) is 8.19. The summed E-state index contributed by atoms with van der Waals surface area (Å²) in [4.78, 5) is 11.5. The molecule has 1 atom stereocenters. The van der Waals surface area contributed by atoms with Crippen LogP contribution in [0.25, 0.3) is 0 Å². The topological polar surface area (TPSA) is 50.4 Å². The zero-order chi connectivity index (χ0) is 13.7. The number of rotatable bonds is 7. The maximum atomic E-state index is 11.5. The van der Waals surface area contributed by atoms with Crippen molar-refractivity contribution < 1.29 is 9.53 Å². The van der Waals surface area contributed by atoms with Crippen molar-refractivity contribution in [2.24, 2.45) is 5.92 Å². The fourth-order valence-corrected chi connectivity index (χ4v) is 2.10. The first kappa shape index (κ1) is 13.9. The van der Waals surface area contributed by atoms with Gasteiger partial charge in [-0.25, -0.2) is 0 Å². The zero-order valence-corrected chi connectivity index (χ0v) is 11.6. The lowest BCUT2D eigenvalue weighted by molar-refractivity contribution is -0.122. The highest BCUT2D eigenvalue weighted by atomic mass is 16.5. The molecular formula is C15H22N2O2. The summed E-state index contributed by atoms with van der Waals surface area (Å²) in [6.07, 6.45) is 2.10. The van der Waals surface area contributed by atoms with Crippen molar-refractivity contribution in [2.45, 2.75) is 25.8 Å². The molecule has 1 aromatic rings. The highest BCUT2D eigenvalue weighted by Crippen LogP contribution is 2.28. The smallest absolute Gasteiger partial charge is 0.223 e. The standard InChI is InChI=1S/C15H22N2O2/c1-11(13-5-3-4-6-14(13)19-2)16-9-10-17-15(18)12-7-8-12/h3-6,11-12,16H,7-10H2,1-2H3,(H,17,18). The molecule has 1 amide bonds. The average Bonchev–Trinajstić information content (AvgIpc) is 3.27. The van der Waals surface area contributed by atoms with Crippen LogP contribution in [-0.2, 0) is 4.79 Å². The van der Waals surface area contributed by atoms with Crippen molar-refractivity contribution in [3.05, 3.63) is 29.8 Å². The Morgan fingerprint density at radius 3 is 2.79 bits per heavy atom. The van der Waals surface area contributed by atoms with Gasteiger partial charge in [-0.3, -0.25) is 4.79 Å². The largest absolute Gasteiger partial charge is 0.496 e. The molecule has 4 heteroatoms. The van der Waals surface area contributed by atoms with Gasteiger partial charge in [-0.2, -0.15) is 0 Å². The Labute approximate surface area is 114 Å². The lowest BCUT2D eigenvalue weighted by atomic mass is 10.1. The monoisotopic (exact) mass is 262 g/mol. The molecule has 104 valence electrons. The van der Waals surface area contributed by atoms with Crippen LogP contribution in [0.15, 0.2) is 24.3 Å². The van der Waals surface area contributed by atoms with Gasteiger partial charge in [-0.1, -0.05) is 18.2 Å². The fraction of sp³-hybridized carbons (Fsp3) is 0.533. The van der Waals surface area contributed by atoms with Crippen LogP contribution in [0.1, 0.15) is 31.4 Å². The van der Waals surface area contributed by atoms with Crippen molar-refractivity contribution in [1.82, 2.24) is 10.6 Å². The minimum atomic E-state index is 0.201. The average molecular weight is 262 g/mol. The third-order valence-electron chi connectivity index (χ3n) is 3.43. The SMILES string of the molecule is COc1ccccc1C(C)NCCNC(=O)C1CC1. The third kappa shape index (κ3) is 3.96. The number of hydrogen-bond acceptors (Lipinski definition) is 3. The van der Waals surface area contributed by atoms with Crippen LogP contribution in [0.5, 0.6) is 5.75 Å². The van der Waals surface area contributed by atoms with E-state index in [1.54, 1.807) is 7.11 Å². The summed E-state index contributed by atoms with van der Waals surface area (Å²) < 4.78 is 5.34. The number of benzene rings is 1. The Kier molecular flexibility index (Phi) is 4.80. The molecule has 0 aliphatic heterocycles. The summed E-state index contributed by atoms with van der Waals surface area (Å²) in [6.45, 7) is 3.53. The quantitative estimate of drug-likeness (QED) is 0.738. The van der Waals surface area contributed by atoms with E-state index in [2.05, 4.69) is 23.6 Å². The van der Waals surface area contributed by atoms with E-state index in [0.717, 1.165) is 30.7 Å². The summed E-state index contributed by atoms with van der Waals surface area (Å²) in [5.74, 6) is 1.38. The molecule has 1 saturated carbocycles. The Balaban J connectivity index is 1.74. The van der Waals surface area contributed by atoms with Gasteiger partial charge in [0.05, 0.1) is 7.11 Å².